The van der Waals surface area contributed by atoms with Gasteiger partial charge in [-0.2, -0.15) is 9.36 Å². The van der Waals surface area contributed by atoms with Gasteiger partial charge >= 0.3 is 0 Å². The quantitative estimate of drug-likeness (QED) is 0.878. The molecule has 5 nitrogen and oxygen atoms in total. The van der Waals surface area contributed by atoms with Crippen molar-refractivity contribution >= 4 is 16.7 Å². The summed E-state index contributed by atoms with van der Waals surface area (Å²) in [4.78, 5) is 12.3. The minimum Gasteiger partial charge on any atom is -0.360 e. The highest BCUT2D eigenvalue weighted by atomic mass is 32.1. The molecule has 0 aliphatic carbocycles. The van der Waals surface area contributed by atoms with Crippen molar-refractivity contribution in [1.82, 2.24) is 19.3 Å². The highest BCUT2D eigenvalue weighted by Gasteiger charge is 2.07. The fraction of sp³-hybridized carbons (Fsp3) is 0.400. The molecule has 0 amide bonds. The van der Waals surface area contributed by atoms with E-state index in [0.717, 1.165) is 17.4 Å². The van der Waals surface area contributed by atoms with E-state index in [0.29, 0.717) is 11.7 Å². The molecule has 0 radical (unpaired) electrons. The van der Waals surface area contributed by atoms with Gasteiger partial charge in [0.05, 0.1) is 0 Å². The Balaban J connectivity index is 2.08. The summed E-state index contributed by atoms with van der Waals surface area (Å²) < 4.78 is 4.24. The first kappa shape index (κ1) is 10.9. The second-order valence-corrected chi connectivity index (χ2v) is 4.54. The van der Waals surface area contributed by atoms with Gasteiger partial charge in [-0.25, -0.2) is 9.97 Å². The van der Waals surface area contributed by atoms with Crippen molar-refractivity contribution in [3.05, 3.63) is 18.6 Å². The lowest BCUT2D eigenvalue weighted by Crippen LogP contribution is -2.07. The Labute approximate surface area is 98.2 Å². The maximum absolute atomic E-state index is 4.36. The summed E-state index contributed by atoms with van der Waals surface area (Å²) in [6.07, 6.45) is 3.18. The predicted octanol–water partition coefficient (Wildman–Crippen LogP) is 2.06. The first-order valence-corrected chi connectivity index (χ1v) is 5.87. The second-order valence-electron chi connectivity index (χ2n) is 3.79. The minimum absolute atomic E-state index is 0.589. The molecule has 0 saturated carbocycles. The van der Waals surface area contributed by atoms with E-state index in [1.165, 1.54) is 17.9 Å². The van der Waals surface area contributed by atoms with Crippen molar-refractivity contribution in [3.63, 3.8) is 0 Å². The summed E-state index contributed by atoms with van der Waals surface area (Å²) in [5.41, 5.74) is 0.754. The van der Waals surface area contributed by atoms with Crippen LogP contribution in [0.15, 0.2) is 18.6 Å². The van der Waals surface area contributed by atoms with E-state index in [4.69, 9.17) is 0 Å². The smallest absolute Gasteiger partial charge is 0.202 e. The first-order valence-electron chi connectivity index (χ1n) is 5.09. The van der Waals surface area contributed by atoms with E-state index in [-0.39, 0.29) is 0 Å². The highest BCUT2D eigenvalue weighted by molar-refractivity contribution is 7.09. The van der Waals surface area contributed by atoms with E-state index in [9.17, 15) is 0 Å². The van der Waals surface area contributed by atoms with Crippen LogP contribution in [0.5, 0.6) is 0 Å². The minimum atomic E-state index is 0.589. The van der Waals surface area contributed by atoms with E-state index in [1.54, 1.807) is 12.3 Å². The van der Waals surface area contributed by atoms with Crippen LogP contribution in [0.25, 0.3) is 11.5 Å². The van der Waals surface area contributed by atoms with Crippen molar-refractivity contribution in [2.45, 2.75) is 13.8 Å². The summed E-state index contributed by atoms with van der Waals surface area (Å²) in [5.74, 6) is 1.24. The van der Waals surface area contributed by atoms with Gasteiger partial charge in [0, 0.05) is 24.3 Å². The van der Waals surface area contributed by atoms with Crippen LogP contribution in [-0.2, 0) is 0 Å². The third-order valence-corrected chi connectivity index (χ3v) is 2.57. The summed E-state index contributed by atoms with van der Waals surface area (Å²) in [5, 5.41) is 4.07. The van der Waals surface area contributed by atoms with Crippen molar-refractivity contribution in [2.75, 3.05) is 11.9 Å². The molecule has 2 rings (SSSR count). The van der Waals surface area contributed by atoms with Gasteiger partial charge in [0.25, 0.3) is 0 Å². The number of anilines is 1. The van der Waals surface area contributed by atoms with Crippen LogP contribution < -0.4 is 5.32 Å². The Kier molecular flexibility index (Phi) is 3.40. The Morgan fingerprint density at radius 3 is 3.00 bits per heavy atom. The van der Waals surface area contributed by atoms with E-state index in [1.807, 2.05) is 0 Å². The molecule has 84 valence electrons. The molecule has 2 aromatic rings. The van der Waals surface area contributed by atoms with Crippen LogP contribution in [-0.4, -0.2) is 25.9 Å². The Morgan fingerprint density at radius 1 is 1.44 bits per heavy atom. The molecule has 2 heterocycles. The largest absolute Gasteiger partial charge is 0.360 e. The Bertz CT molecular complexity index is 439. The van der Waals surface area contributed by atoms with Crippen LogP contribution in [0.1, 0.15) is 13.8 Å². The fourth-order valence-corrected chi connectivity index (χ4v) is 1.70. The zero-order chi connectivity index (χ0) is 11.4. The molecule has 0 atom stereocenters. The maximum Gasteiger partial charge on any atom is 0.202 e. The molecule has 0 aliphatic heterocycles. The van der Waals surface area contributed by atoms with Crippen LogP contribution in [0.4, 0.5) is 5.13 Å². The van der Waals surface area contributed by atoms with E-state index < -0.39 is 0 Å². The third-order valence-electron chi connectivity index (χ3n) is 1.90. The van der Waals surface area contributed by atoms with Crippen LogP contribution in [0, 0.1) is 5.92 Å². The van der Waals surface area contributed by atoms with Crippen molar-refractivity contribution in [3.8, 4) is 11.5 Å². The number of hydrogen-bond acceptors (Lipinski definition) is 6. The van der Waals surface area contributed by atoms with E-state index >= 15 is 0 Å². The number of aromatic nitrogens is 4. The Morgan fingerprint density at radius 2 is 2.31 bits per heavy atom. The molecule has 2 aromatic heterocycles. The number of nitrogens with zero attached hydrogens (tertiary/aromatic N) is 4. The molecule has 1 N–H and O–H groups in total. The fourth-order valence-electron chi connectivity index (χ4n) is 1.11. The van der Waals surface area contributed by atoms with Crippen molar-refractivity contribution < 1.29 is 0 Å². The standard InChI is InChI=1S/C10H13N5S/c1-7(2)5-12-10-14-9(15-16-10)8-3-4-11-6-13-8/h3-4,6-7H,5H2,1-2H3,(H,12,14,15). The molecule has 6 heteroatoms. The van der Waals surface area contributed by atoms with Crippen molar-refractivity contribution in [2.24, 2.45) is 5.92 Å². The monoisotopic (exact) mass is 235 g/mol. The first-order chi connectivity index (χ1) is 7.75. The van der Waals surface area contributed by atoms with Crippen LogP contribution in [0.2, 0.25) is 0 Å². The van der Waals surface area contributed by atoms with Crippen molar-refractivity contribution in [1.29, 1.82) is 0 Å². The summed E-state index contributed by atoms with van der Waals surface area (Å²) >= 11 is 1.35. The summed E-state index contributed by atoms with van der Waals surface area (Å²) in [7, 11) is 0. The van der Waals surface area contributed by atoms with Gasteiger partial charge < -0.3 is 5.32 Å². The summed E-state index contributed by atoms with van der Waals surface area (Å²) in [6, 6.07) is 1.80. The molecule has 0 bridgehead atoms. The lowest BCUT2D eigenvalue weighted by Gasteiger charge is -2.03. The molecule has 0 unspecified atom stereocenters. The topological polar surface area (TPSA) is 63.6 Å². The maximum atomic E-state index is 4.36. The molecule has 0 aliphatic rings. The number of rotatable bonds is 4. The van der Waals surface area contributed by atoms with Gasteiger partial charge in [0.2, 0.25) is 5.13 Å². The highest BCUT2D eigenvalue weighted by Crippen LogP contribution is 2.18. The molecule has 0 aromatic carbocycles. The molecule has 0 saturated heterocycles. The lowest BCUT2D eigenvalue weighted by atomic mass is 10.2. The van der Waals surface area contributed by atoms with E-state index in [2.05, 4.69) is 38.5 Å². The molecular formula is C10H13N5S. The molecule has 16 heavy (non-hydrogen) atoms. The number of hydrogen-bond donors (Lipinski definition) is 1. The van der Waals surface area contributed by atoms with Crippen LogP contribution >= 0.6 is 11.5 Å². The third kappa shape index (κ3) is 2.73. The van der Waals surface area contributed by atoms with Gasteiger partial charge in [-0.3, -0.25) is 0 Å². The van der Waals surface area contributed by atoms with Gasteiger partial charge in [-0.15, -0.1) is 0 Å². The average molecular weight is 235 g/mol. The zero-order valence-electron chi connectivity index (χ0n) is 9.21. The summed E-state index contributed by atoms with van der Waals surface area (Å²) in [6.45, 7) is 5.21. The predicted molar refractivity (Wildman–Crippen MR) is 64.3 cm³/mol. The lowest BCUT2D eigenvalue weighted by molar-refractivity contribution is 0.688. The van der Waals surface area contributed by atoms with Gasteiger partial charge in [0.1, 0.15) is 12.0 Å². The molecular weight excluding hydrogens is 222 g/mol. The molecule has 0 fully saturated rings. The SMILES string of the molecule is CC(C)CNc1nc(-c2ccncn2)ns1. The van der Waals surface area contributed by atoms with Gasteiger partial charge in [0.15, 0.2) is 5.82 Å². The normalized spacial score (nSPS) is 10.7. The Hall–Kier alpha value is -1.56. The molecule has 0 spiro atoms. The van der Waals surface area contributed by atoms with Gasteiger partial charge in [-0.1, -0.05) is 13.8 Å². The van der Waals surface area contributed by atoms with Gasteiger partial charge in [-0.05, 0) is 12.0 Å². The number of nitrogens with one attached hydrogen (secondary N) is 1. The average Bonchev–Trinajstić information content (AvgIpc) is 2.76. The van der Waals surface area contributed by atoms with Crippen LogP contribution in [0.3, 0.4) is 0 Å². The zero-order valence-corrected chi connectivity index (χ0v) is 10.0. The second kappa shape index (κ2) is 4.98.